The molecule has 4 atom stereocenters. The SMILES string of the molecule is CC(C)C1C(C)CC(F)CC1c1c(Cc2cccnc2S(=O)(=O)Nc2ccccc2)c2ccccc2n1CC(=O)O. The number of sulfonamides is 1. The first-order chi connectivity index (χ1) is 19.6. The van der Waals surface area contributed by atoms with Gasteiger partial charge in [-0.25, -0.2) is 9.37 Å². The lowest BCUT2D eigenvalue weighted by Gasteiger charge is -2.41. The summed E-state index contributed by atoms with van der Waals surface area (Å²) in [6, 6.07) is 19.6. The first-order valence-electron chi connectivity index (χ1n) is 14.0. The van der Waals surface area contributed by atoms with E-state index in [0.717, 1.165) is 22.2 Å². The Hall–Kier alpha value is -3.72. The van der Waals surface area contributed by atoms with E-state index >= 15 is 4.39 Å². The van der Waals surface area contributed by atoms with Crippen molar-refractivity contribution in [3.8, 4) is 0 Å². The molecule has 0 saturated heterocycles. The van der Waals surface area contributed by atoms with Crippen LogP contribution >= 0.6 is 0 Å². The number of anilines is 1. The first kappa shape index (κ1) is 28.8. The topological polar surface area (TPSA) is 101 Å². The summed E-state index contributed by atoms with van der Waals surface area (Å²) in [5.41, 5.74) is 3.25. The number of alkyl halides is 1. The van der Waals surface area contributed by atoms with E-state index in [1.807, 2.05) is 28.8 Å². The molecule has 1 fully saturated rings. The lowest BCUT2D eigenvalue weighted by molar-refractivity contribution is -0.137. The summed E-state index contributed by atoms with van der Waals surface area (Å²) >= 11 is 0. The minimum absolute atomic E-state index is 0.0920. The van der Waals surface area contributed by atoms with Crippen molar-refractivity contribution in [3.05, 3.63) is 89.7 Å². The van der Waals surface area contributed by atoms with Crippen molar-refractivity contribution in [1.29, 1.82) is 0 Å². The van der Waals surface area contributed by atoms with Crippen molar-refractivity contribution in [3.63, 3.8) is 0 Å². The Balaban J connectivity index is 1.70. The molecule has 1 saturated carbocycles. The minimum Gasteiger partial charge on any atom is -0.480 e. The third-order valence-corrected chi connectivity index (χ3v) is 9.67. The van der Waals surface area contributed by atoms with Gasteiger partial charge < -0.3 is 9.67 Å². The second-order valence-corrected chi connectivity index (χ2v) is 13.0. The first-order valence-corrected chi connectivity index (χ1v) is 15.5. The lowest BCUT2D eigenvalue weighted by atomic mass is 9.65. The number of hydrogen-bond donors (Lipinski definition) is 2. The highest BCUT2D eigenvalue weighted by atomic mass is 32.2. The molecule has 0 amide bonds. The molecule has 7 nitrogen and oxygen atoms in total. The summed E-state index contributed by atoms with van der Waals surface area (Å²) in [4.78, 5) is 16.4. The molecule has 5 rings (SSSR count). The number of carboxylic acid groups (broad SMARTS) is 1. The summed E-state index contributed by atoms with van der Waals surface area (Å²) in [6.07, 6.45) is 1.42. The molecule has 41 heavy (non-hydrogen) atoms. The van der Waals surface area contributed by atoms with Gasteiger partial charge in [0.15, 0.2) is 5.03 Å². The Labute approximate surface area is 240 Å². The molecule has 4 aromatic rings. The Kier molecular flexibility index (Phi) is 8.18. The largest absolute Gasteiger partial charge is 0.480 e. The van der Waals surface area contributed by atoms with Crippen molar-refractivity contribution in [1.82, 2.24) is 9.55 Å². The molecular weight excluding hydrogens is 541 g/mol. The Morgan fingerprint density at radius 2 is 1.78 bits per heavy atom. The smallest absolute Gasteiger partial charge is 0.323 e. The second-order valence-electron chi connectivity index (χ2n) is 11.5. The van der Waals surface area contributed by atoms with Crippen LogP contribution in [0.5, 0.6) is 0 Å². The van der Waals surface area contributed by atoms with Gasteiger partial charge >= 0.3 is 5.97 Å². The van der Waals surface area contributed by atoms with Crippen molar-refractivity contribution in [2.75, 3.05) is 4.72 Å². The van der Waals surface area contributed by atoms with Crippen LogP contribution < -0.4 is 4.72 Å². The Morgan fingerprint density at radius 1 is 1.07 bits per heavy atom. The highest BCUT2D eigenvalue weighted by molar-refractivity contribution is 7.92. The van der Waals surface area contributed by atoms with E-state index in [4.69, 9.17) is 0 Å². The number of para-hydroxylation sites is 2. The van der Waals surface area contributed by atoms with Gasteiger partial charge in [0.05, 0.1) is 0 Å². The predicted octanol–water partition coefficient (Wildman–Crippen LogP) is 6.64. The van der Waals surface area contributed by atoms with Gasteiger partial charge in [-0.1, -0.05) is 63.2 Å². The molecule has 2 heterocycles. The van der Waals surface area contributed by atoms with Crippen LogP contribution in [0.2, 0.25) is 0 Å². The number of nitrogens with one attached hydrogen (secondary N) is 1. The number of pyridine rings is 1. The van der Waals surface area contributed by atoms with E-state index in [9.17, 15) is 18.3 Å². The molecule has 1 aliphatic rings. The number of nitrogens with zero attached hydrogens (tertiary/aromatic N) is 2. The summed E-state index contributed by atoms with van der Waals surface area (Å²) in [6.45, 7) is 6.08. The lowest BCUT2D eigenvalue weighted by Crippen LogP contribution is -2.36. The zero-order chi connectivity index (χ0) is 29.3. The molecule has 0 radical (unpaired) electrons. The van der Waals surface area contributed by atoms with Crippen LogP contribution in [0, 0.1) is 17.8 Å². The van der Waals surface area contributed by atoms with E-state index < -0.39 is 22.2 Å². The van der Waals surface area contributed by atoms with Gasteiger partial charge in [0.2, 0.25) is 0 Å². The molecule has 2 aromatic heterocycles. The predicted molar refractivity (Wildman–Crippen MR) is 158 cm³/mol. The van der Waals surface area contributed by atoms with Gasteiger partial charge in [-0.05, 0) is 66.0 Å². The van der Waals surface area contributed by atoms with Crippen LogP contribution in [0.25, 0.3) is 10.9 Å². The van der Waals surface area contributed by atoms with Crippen molar-refractivity contribution in [2.24, 2.45) is 17.8 Å². The average Bonchev–Trinajstić information content (AvgIpc) is 3.20. The fourth-order valence-corrected chi connectivity index (χ4v) is 8.14. The molecule has 216 valence electrons. The van der Waals surface area contributed by atoms with Crippen LogP contribution in [0.15, 0.2) is 78.0 Å². The van der Waals surface area contributed by atoms with Gasteiger partial charge in [-0.3, -0.25) is 9.52 Å². The van der Waals surface area contributed by atoms with Crippen LogP contribution in [0.3, 0.4) is 0 Å². The molecule has 4 unspecified atom stereocenters. The summed E-state index contributed by atoms with van der Waals surface area (Å²) < 4.78 is 46.7. The molecular formula is C32H36FN3O4S. The molecule has 0 bridgehead atoms. The molecule has 2 N–H and O–H groups in total. The van der Waals surface area contributed by atoms with Gasteiger partial charge in [-0.15, -0.1) is 0 Å². The third-order valence-electron chi connectivity index (χ3n) is 8.29. The highest BCUT2D eigenvalue weighted by Gasteiger charge is 2.41. The normalized spacial score (nSPS) is 21.3. The zero-order valence-electron chi connectivity index (χ0n) is 23.5. The van der Waals surface area contributed by atoms with Gasteiger partial charge in [0.1, 0.15) is 12.7 Å². The van der Waals surface area contributed by atoms with Crippen LogP contribution in [0.4, 0.5) is 10.1 Å². The maximum Gasteiger partial charge on any atom is 0.323 e. The van der Waals surface area contributed by atoms with Gasteiger partial charge in [0.25, 0.3) is 10.0 Å². The van der Waals surface area contributed by atoms with E-state index in [1.54, 1.807) is 42.5 Å². The highest BCUT2D eigenvalue weighted by Crippen LogP contribution is 2.49. The number of fused-ring (bicyclic) bond motifs is 1. The molecule has 1 aliphatic carbocycles. The van der Waals surface area contributed by atoms with Crippen LogP contribution in [-0.2, 0) is 27.8 Å². The van der Waals surface area contributed by atoms with Crippen molar-refractivity contribution >= 4 is 32.6 Å². The summed E-state index contributed by atoms with van der Waals surface area (Å²) in [5.74, 6) is -0.727. The van der Waals surface area contributed by atoms with E-state index in [1.165, 1.54) is 6.20 Å². The fourth-order valence-electron chi connectivity index (χ4n) is 6.91. The number of hydrogen-bond acceptors (Lipinski definition) is 4. The summed E-state index contributed by atoms with van der Waals surface area (Å²) in [7, 11) is -4.03. The number of halogens is 1. The number of rotatable bonds is 9. The van der Waals surface area contributed by atoms with Gasteiger partial charge in [0, 0.05) is 40.8 Å². The number of benzene rings is 2. The number of aromatic nitrogens is 2. The number of carbonyl (C=O) groups is 1. The molecule has 0 aliphatic heterocycles. The summed E-state index contributed by atoms with van der Waals surface area (Å²) in [5, 5.41) is 10.7. The Morgan fingerprint density at radius 3 is 2.49 bits per heavy atom. The Bertz CT molecular complexity index is 1650. The van der Waals surface area contributed by atoms with Crippen molar-refractivity contribution in [2.45, 2.75) is 63.7 Å². The quantitative estimate of drug-likeness (QED) is 0.232. The van der Waals surface area contributed by atoms with E-state index in [2.05, 4.69) is 30.5 Å². The maximum absolute atomic E-state index is 15.2. The average molecular weight is 578 g/mol. The molecule has 0 spiro atoms. The van der Waals surface area contributed by atoms with Crippen molar-refractivity contribution < 1.29 is 22.7 Å². The number of carboxylic acids is 1. The van der Waals surface area contributed by atoms with E-state index in [-0.39, 0.29) is 41.7 Å². The number of aliphatic carboxylic acids is 1. The van der Waals surface area contributed by atoms with Crippen LogP contribution in [0.1, 0.15) is 56.4 Å². The van der Waals surface area contributed by atoms with Crippen LogP contribution in [-0.4, -0.2) is 35.2 Å². The maximum atomic E-state index is 15.2. The van der Waals surface area contributed by atoms with Gasteiger partial charge in [-0.2, -0.15) is 8.42 Å². The standard InChI is InChI=1S/C32H36FN3O4S/c1-20(2)30-21(3)16-23(33)18-27(30)31-26(25-13-7-8-14-28(25)36(31)19-29(37)38)17-22-10-9-15-34-32(22)41(39,40)35-24-11-5-4-6-12-24/h4-15,20-21,23,27,30,35H,16-19H2,1-3H3,(H,37,38). The third kappa shape index (κ3) is 5.86. The molecule has 2 aromatic carbocycles. The fraction of sp³-hybridized carbons (Fsp3) is 0.375. The molecule has 9 heteroatoms. The van der Waals surface area contributed by atoms with E-state index in [0.29, 0.717) is 24.1 Å². The minimum atomic E-state index is -4.03. The monoisotopic (exact) mass is 577 g/mol. The second kappa shape index (κ2) is 11.6. The zero-order valence-corrected chi connectivity index (χ0v) is 24.3.